The number of phenolic OH excluding ortho intramolecular Hbond substituents is 1. The van der Waals surface area contributed by atoms with Gasteiger partial charge < -0.3 is 15.3 Å². The molecule has 1 saturated heterocycles. The number of fused-ring (bicyclic) bond motifs is 4. The Bertz CT molecular complexity index is 1000. The molecule has 2 bridgehead atoms. The first kappa shape index (κ1) is 20.4. The number of hydrogen-bond acceptors (Lipinski definition) is 5. The molecule has 2 aromatic rings. The summed E-state index contributed by atoms with van der Waals surface area (Å²) in [4.78, 5) is 2.82. The van der Waals surface area contributed by atoms with E-state index in [9.17, 15) is 13.5 Å². The van der Waals surface area contributed by atoms with Gasteiger partial charge in [0.25, 0.3) is 0 Å². The molecule has 0 spiro atoms. The normalized spacial score (nSPS) is 26.9. The van der Waals surface area contributed by atoms with E-state index in [2.05, 4.69) is 30.3 Å². The van der Waals surface area contributed by atoms with E-state index in [0.717, 1.165) is 37.9 Å². The summed E-state index contributed by atoms with van der Waals surface area (Å²) in [6, 6.07) is 13.8. The fourth-order valence-corrected chi connectivity index (χ4v) is 5.75. The number of nitrogens with zero attached hydrogens (tertiary/aromatic N) is 1. The molecule has 1 aliphatic carbocycles. The monoisotopic (exact) mass is 414 g/mol. The van der Waals surface area contributed by atoms with Crippen LogP contribution < -0.4 is 5.32 Å². The Morgan fingerprint density at radius 1 is 1.21 bits per heavy atom. The third-order valence-corrected chi connectivity index (χ3v) is 8.02. The van der Waals surface area contributed by atoms with E-state index in [1.54, 1.807) is 18.2 Å². The molecule has 3 atom stereocenters. The molecule has 5 nitrogen and oxygen atoms in total. The van der Waals surface area contributed by atoms with E-state index >= 15 is 0 Å². The van der Waals surface area contributed by atoms with Crippen molar-refractivity contribution in [2.24, 2.45) is 0 Å². The first-order valence-corrected chi connectivity index (χ1v) is 12.1. The van der Waals surface area contributed by atoms with Crippen molar-refractivity contribution in [3.8, 4) is 5.75 Å². The third-order valence-electron chi connectivity index (χ3n) is 6.89. The lowest BCUT2D eigenvalue weighted by Gasteiger charge is -2.55. The van der Waals surface area contributed by atoms with Crippen LogP contribution in [0.4, 0.5) is 0 Å². The lowest BCUT2D eigenvalue weighted by atomic mass is 9.61. The Hall–Kier alpha value is -1.89. The standard InChI is InChI=1S/C23H30N2O3S/c1-23-11-13-25(2)21(14-17-6-7-18(26)15-20(17)23)22(23)24-12-10-16-4-8-19(9-5-16)29(3,27)28/h4-9,15,21-22,24,26H,10-14H2,1-3H3/t21-,22+,23?/m1/s1. The predicted octanol–water partition coefficient (Wildman–Crippen LogP) is 2.51. The van der Waals surface area contributed by atoms with Crippen LogP contribution in [0, 0.1) is 0 Å². The lowest BCUT2D eigenvalue weighted by Crippen LogP contribution is -2.66. The van der Waals surface area contributed by atoms with Crippen molar-refractivity contribution in [3.05, 3.63) is 59.2 Å². The molecular weight excluding hydrogens is 384 g/mol. The van der Waals surface area contributed by atoms with Crippen LogP contribution in [0.3, 0.4) is 0 Å². The minimum atomic E-state index is -3.16. The van der Waals surface area contributed by atoms with Crippen LogP contribution in [0.2, 0.25) is 0 Å². The van der Waals surface area contributed by atoms with Gasteiger partial charge in [-0.2, -0.15) is 0 Å². The highest BCUT2D eigenvalue weighted by atomic mass is 32.2. The second-order valence-electron chi connectivity index (χ2n) is 8.86. The lowest BCUT2D eigenvalue weighted by molar-refractivity contribution is 0.0663. The molecule has 0 saturated carbocycles. The summed E-state index contributed by atoms with van der Waals surface area (Å²) in [5, 5.41) is 13.9. The van der Waals surface area contributed by atoms with Gasteiger partial charge in [-0.05, 0) is 80.4 Å². The molecule has 0 amide bonds. The first-order chi connectivity index (χ1) is 13.7. The molecule has 1 unspecified atom stereocenters. The molecule has 6 heteroatoms. The summed E-state index contributed by atoms with van der Waals surface area (Å²) < 4.78 is 23.3. The summed E-state index contributed by atoms with van der Waals surface area (Å²) in [6.07, 6.45) is 4.12. The molecule has 1 heterocycles. The molecule has 0 aromatic heterocycles. The highest BCUT2D eigenvalue weighted by Crippen LogP contribution is 2.45. The zero-order valence-corrected chi connectivity index (χ0v) is 18.2. The third kappa shape index (κ3) is 3.81. The van der Waals surface area contributed by atoms with Crippen LogP contribution in [0.15, 0.2) is 47.4 Å². The van der Waals surface area contributed by atoms with Crippen LogP contribution in [-0.2, 0) is 28.1 Å². The van der Waals surface area contributed by atoms with Crippen LogP contribution in [0.5, 0.6) is 5.75 Å². The Morgan fingerprint density at radius 2 is 1.93 bits per heavy atom. The fourth-order valence-electron chi connectivity index (χ4n) is 5.12. The zero-order valence-electron chi connectivity index (χ0n) is 17.4. The maximum Gasteiger partial charge on any atom is 0.175 e. The number of phenols is 1. The molecule has 2 aromatic carbocycles. The van der Waals surface area contributed by atoms with Crippen molar-refractivity contribution in [1.82, 2.24) is 10.2 Å². The second kappa shape index (κ2) is 7.42. The molecule has 4 rings (SSSR count). The summed E-state index contributed by atoms with van der Waals surface area (Å²) in [5.74, 6) is 0.340. The van der Waals surface area contributed by atoms with Gasteiger partial charge in [-0.1, -0.05) is 25.1 Å². The van der Waals surface area contributed by atoms with Gasteiger partial charge in [-0.3, -0.25) is 0 Å². The van der Waals surface area contributed by atoms with Gasteiger partial charge in [0.1, 0.15) is 5.75 Å². The molecule has 2 aliphatic rings. The number of hydrogen-bond donors (Lipinski definition) is 2. The van der Waals surface area contributed by atoms with Gasteiger partial charge in [0.2, 0.25) is 0 Å². The van der Waals surface area contributed by atoms with Gasteiger partial charge in [-0.15, -0.1) is 0 Å². The fraction of sp³-hybridized carbons (Fsp3) is 0.478. The highest BCUT2D eigenvalue weighted by Gasteiger charge is 2.49. The van der Waals surface area contributed by atoms with Crippen molar-refractivity contribution in [3.63, 3.8) is 0 Å². The maximum absolute atomic E-state index is 11.6. The summed E-state index contributed by atoms with van der Waals surface area (Å²) in [5.41, 5.74) is 3.74. The van der Waals surface area contributed by atoms with E-state index in [0.29, 0.717) is 22.7 Å². The number of sulfone groups is 1. The van der Waals surface area contributed by atoms with E-state index < -0.39 is 9.84 Å². The number of nitrogens with one attached hydrogen (secondary N) is 1. The largest absolute Gasteiger partial charge is 0.508 e. The first-order valence-electron chi connectivity index (χ1n) is 10.2. The van der Waals surface area contributed by atoms with Gasteiger partial charge in [0, 0.05) is 23.8 Å². The van der Waals surface area contributed by atoms with Gasteiger partial charge in [0.05, 0.1) is 4.90 Å². The van der Waals surface area contributed by atoms with Crippen molar-refractivity contribution >= 4 is 9.84 Å². The van der Waals surface area contributed by atoms with Crippen LogP contribution in [-0.4, -0.2) is 56.9 Å². The minimum absolute atomic E-state index is 0.0103. The second-order valence-corrected chi connectivity index (χ2v) is 10.9. The summed E-state index contributed by atoms with van der Waals surface area (Å²) >= 11 is 0. The predicted molar refractivity (Wildman–Crippen MR) is 115 cm³/mol. The summed E-state index contributed by atoms with van der Waals surface area (Å²) in [6.45, 7) is 4.21. The molecule has 156 valence electrons. The average molecular weight is 415 g/mol. The number of benzene rings is 2. The molecule has 1 aliphatic heterocycles. The highest BCUT2D eigenvalue weighted by molar-refractivity contribution is 7.90. The number of piperidine rings is 1. The maximum atomic E-state index is 11.6. The van der Waals surface area contributed by atoms with Gasteiger partial charge in [0.15, 0.2) is 9.84 Å². The van der Waals surface area contributed by atoms with Crippen molar-refractivity contribution in [2.45, 2.75) is 48.6 Å². The van der Waals surface area contributed by atoms with Crippen molar-refractivity contribution in [2.75, 3.05) is 26.4 Å². The Balaban J connectivity index is 1.51. The van der Waals surface area contributed by atoms with Crippen molar-refractivity contribution < 1.29 is 13.5 Å². The molecule has 29 heavy (non-hydrogen) atoms. The average Bonchev–Trinajstić information content (AvgIpc) is 2.67. The molecule has 0 radical (unpaired) electrons. The van der Waals surface area contributed by atoms with Crippen LogP contribution in [0.1, 0.15) is 30.0 Å². The molecule has 1 fully saturated rings. The minimum Gasteiger partial charge on any atom is -0.508 e. The summed E-state index contributed by atoms with van der Waals surface area (Å²) in [7, 11) is -0.953. The molecular formula is C23H30N2O3S. The Morgan fingerprint density at radius 3 is 2.62 bits per heavy atom. The van der Waals surface area contributed by atoms with Crippen molar-refractivity contribution in [1.29, 1.82) is 0 Å². The van der Waals surface area contributed by atoms with E-state index in [1.807, 2.05) is 18.2 Å². The molecule has 2 N–H and O–H groups in total. The van der Waals surface area contributed by atoms with E-state index in [-0.39, 0.29) is 5.41 Å². The van der Waals surface area contributed by atoms with Crippen LogP contribution >= 0.6 is 0 Å². The smallest absolute Gasteiger partial charge is 0.175 e. The van der Waals surface area contributed by atoms with E-state index in [4.69, 9.17) is 0 Å². The Kier molecular flexibility index (Phi) is 5.21. The number of likely N-dealkylation sites (N-methyl/N-ethyl adjacent to an activating group) is 1. The van der Waals surface area contributed by atoms with Gasteiger partial charge >= 0.3 is 0 Å². The number of aromatic hydroxyl groups is 1. The topological polar surface area (TPSA) is 69.6 Å². The Labute approximate surface area is 173 Å². The number of likely N-dealkylation sites (tertiary alicyclic amines) is 1. The zero-order chi connectivity index (χ0) is 20.8. The SMILES string of the molecule is CN1CCC2(C)c3cc(O)ccc3C[C@@H]1[C@@H]2NCCc1ccc(S(C)(=O)=O)cc1. The van der Waals surface area contributed by atoms with Crippen LogP contribution in [0.25, 0.3) is 0 Å². The van der Waals surface area contributed by atoms with E-state index in [1.165, 1.54) is 17.4 Å². The quantitative estimate of drug-likeness (QED) is 0.787. The number of rotatable bonds is 5. The van der Waals surface area contributed by atoms with Gasteiger partial charge in [-0.25, -0.2) is 8.42 Å².